The first-order chi connectivity index (χ1) is 12.2. The molecular weight excluding hydrogens is 338 g/mol. The fourth-order valence-electron chi connectivity index (χ4n) is 3.77. The van der Waals surface area contributed by atoms with E-state index in [0.29, 0.717) is 6.61 Å². The average Bonchev–Trinajstić information content (AvgIpc) is 2.99. The van der Waals surface area contributed by atoms with Crippen LogP contribution >= 0.6 is 11.5 Å². The number of carbonyl (C=O) groups excluding carboxylic acids is 1. The Bertz CT molecular complexity index is 568. The van der Waals surface area contributed by atoms with Crippen LogP contribution in [0, 0.1) is 5.41 Å². The van der Waals surface area contributed by atoms with Gasteiger partial charge in [-0.25, -0.2) is 4.98 Å². The van der Waals surface area contributed by atoms with Crippen LogP contribution < -0.4 is 10.2 Å². The molecule has 1 N–H and O–H groups in total. The van der Waals surface area contributed by atoms with Crippen LogP contribution in [-0.4, -0.2) is 73.1 Å². The van der Waals surface area contributed by atoms with Gasteiger partial charge >= 0.3 is 0 Å². The number of ether oxygens (including phenoxy) is 1. The molecule has 0 aliphatic carbocycles. The maximum atomic E-state index is 13.3. The third kappa shape index (κ3) is 4.12. The molecule has 3 heterocycles. The van der Waals surface area contributed by atoms with Crippen LogP contribution in [0.5, 0.6) is 0 Å². The molecule has 0 saturated carbocycles. The van der Waals surface area contributed by atoms with Crippen LogP contribution in [0.15, 0.2) is 0 Å². The standard InChI is InChI=1S/C17H29N5O2S/c1-3-14-19-16(25-20-14)22-10-4-9-21(11-12-22)15(23)17(13-24-2)5-7-18-8-6-17/h18H,3-13H2,1-2H3. The van der Waals surface area contributed by atoms with Crippen molar-refractivity contribution in [1.82, 2.24) is 19.6 Å². The SMILES string of the molecule is CCc1nsc(N2CCCN(C(=O)C3(COC)CCNCC3)CC2)n1. The Morgan fingerprint density at radius 1 is 1.28 bits per heavy atom. The topological polar surface area (TPSA) is 70.6 Å². The third-order valence-electron chi connectivity index (χ3n) is 5.26. The van der Waals surface area contributed by atoms with E-state index in [4.69, 9.17) is 4.74 Å². The quantitative estimate of drug-likeness (QED) is 0.842. The number of nitrogens with zero attached hydrogens (tertiary/aromatic N) is 4. The van der Waals surface area contributed by atoms with Gasteiger partial charge < -0.3 is 19.9 Å². The third-order valence-corrected chi connectivity index (χ3v) is 6.08. The van der Waals surface area contributed by atoms with Gasteiger partial charge in [0.25, 0.3) is 0 Å². The highest BCUT2D eigenvalue weighted by Crippen LogP contribution is 2.32. The molecule has 0 radical (unpaired) electrons. The second-order valence-electron chi connectivity index (χ2n) is 6.94. The fraction of sp³-hybridized carbons (Fsp3) is 0.824. The summed E-state index contributed by atoms with van der Waals surface area (Å²) in [6.07, 6.45) is 3.54. The minimum Gasteiger partial charge on any atom is -0.384 e. The summed E-state index contributed by atoms with van der Waals surface area (Å²) < 4.78 is 9.82. The summed E-state index contributed by atoms with van der Waals surface area (Å²) >= 11 is 1.47. The first-order valence-electron chi connectivity index (χ1n) is 9.25. The number of methoxy groups -OCH3 is 1. The lowest BCUT2D eigenvalue weighted by atomic mass is 9.78. The fourth-order valence-corrected chi connectivity index (χ4v) is 4.57. The van der Waals surface area contributed by atoms with E-state index >= 15 is 0 Å². The molecule has 0 atom stereocenters. The Labute approximate surface area is 153 Å². The molecule has 1 aromatic rings. The number of nitrogens with one attached hydrogen (secondary N) is 1. The zero-order chi connectivity index (χ0) is 17.7. The molecule has 25 heavy (non-hydrogen) atoms. The van der Waals surface area contributed by atoms with E-state index in [-0.39, 0.29) is 11.3 Å². The number of amides is 1. The molecule has 8 heteroatoms. The van der Waals surface area contributed by atoms with E-state index in [2.05, 4.69) is 26.5 Å². The zero-order valence-corrected chi connectivity index (χ0v) is 16.1. The lowest BCUT2D eigenvalue weighted by Gasteiger charge is -2.39. The number of carbonyl (C=O) groups is 1. The van der Waals surface area contributed by atoms with Crippen LogP contribution in [0.25, 0.3) is 0 Å². The second-order valence-corrected chi connectivity index (χ2v) is 7.67. The maximum Gasteiger partial charge on any atom is 0.231 e. The van der Waals surface area contributed by atoms with Gasteiger partial charge in [-0.05, 0) is 32.4 Å². The van der Waals surface area contributed by atoms with E-state index < -0.39 is 0 Å². The van der Waals surface area contributed by atoms with Gasteiger partial charge in [-0.2, -0.15) is 4.37 Å². The average molecular weight is 368 g/mol. The van der Waals surface area contributed by atoms with Crippen LogP contribution in [0.2, 0.25) is 0 Å². The number of aryl methyl sites for hydroxylation is 1. The Morgan fingerprint density at radius 3 is 2.76 bits per heavy atom. The molecule has 7 nitrogen and oxygen atoms in total. The number of aromatic nitrogens is 2. The van der Waals surface area contributed by atoms with Gasteiger partial charge in [0.15, 0.2) is 0 Å². The lowest BCUT2D eigenvalue weighted by Crippen LogP contribution is -2.52. The Morgan fingerprint density at radius 2 is 2.08 bits per heavy atom. The smallest absolute Gasteiger partial charge is 0.231 e. The van der Waals surface area contributed by atoms with Crippen molar-refractivity contribution >= 4 is 22.6 Å². The van der Waals surface area contributed by atoms with Gasteiger partial charge in [-0.1, -0.05) is 6.92 Å². The zero-order valence-electron chi connectivity index (χ0n) is 15.3. The van der Waals surface area contributed by atoms with Crippen molar-refractivity contribution in [2.75, 3.05) is 57.9 Å². The molecule has 140 valence electrons. The minimum absolute atomic E-state index is 0.268. The van der Waals surface area contributed by atoms with Crippen molar-refractivity contribution in [3.63, 3.8) is 0 Å². The number of rotatable bonds is 5. The summed E-state index contributed by atoms with van der Waals surface area (Å²) in [5, 5.41) is 4.34. The molecule has 0 bridgehead atoms. The van der Waals surface area contributed by atoms with E-state index in [9.17, 15) is 4.79 Å². The highest BCUT2D eigenvalue weighted by Gasteiger charge is 2.42. The van der Waals surface area contributed by atoms with Gasteiger partial charge in [0.2, 0.25) is 11.0 Å². The molecule has 0 aromatic carbocycles. The maximum absolute atomic E-state index is 13.3. The van der Waals surface area contributed by atoms with Crippen LogP contribution in [0.3, 0.4) is 0 Å². The molecule has 2 aliphatic rings. The van der Waals surface area contributed by atoms with Crippen LogP contribution in [0.4, 0.5) is 5.13 Å². The Hall–Kier alpha value is -1.25. The second kappa shape index (κ2) is 8.42. The van der Waals surface area contributed by atoms with Crippen molar-refractivity contribution in [3.05, 3.63) is 5.82 Å². The van der Waals surface area contributed by atoms with Crippen molar-refractivity contribution in [1.29, 1.82) is 0 Å². The van der Waals surface area contributed by atoms with E-state index in [1.54, 1.807) is 7.11 Å². The summed E-state index contributed by atoms with van der Waals surface area (Å²) in [4.78, 5) is 22.2. The normalized spacial score (nSPS) is 21.2. The van der Waals surface area contributed by atoms with Crippen molar-refractivity contribution in [3.8, 4) is 0 Å². The van der Waals surface area contributed by atoms with Crippen LogP contribution in [-0.2, 0) is 16.0 Å². The summed E-state index contributed by atoms with van der Waals surface area (Å²) in [7, 11) is 1.70. The Balaban J connectivity index is 1.66. The minimum atomic E-state index is -0.354. The van der Waals surface area contributed by atoms with Crippen molar-refractivity contribution in [2.24, 2.45) is 5.41 Å². The molecule has 2 fully saturated rings. The lowest BCUT2D eigenvalue weighted by molar-refractivity contribution is -0.147. The van der Waals surface area contributed by atoms with Crippen molar-refractivity contribution < 1.29 is 9.53 Å². The monoisotopic (exact) mass is 367 g/mol. The molecular formula is C17H29N5O2S. The number of anilines is 1. The summed E-state index contributed by atoms with van der Waals surface area (Å²) in [6.45, 7) is 7.69. The highest BCUT2D eigenvalue weighted by atomic mass is 32.1. The molecule has 1 aromatic heterocycles. The summed E-state index contributed by atoms with van der Waals surface area (Å²) in [6, 6.07) is 0. The Kier molecular flexibility index (Phi) is 6.24. The van der Waals surface area contributed by atoms with Gasteiger partial charge in [-0.3, -0.25) is 4.79 Å². The molecule has 1 amide bonds. The predicted octanol–water partition coefficient (Wildman–Crippen LogP) is 1.16. The largest absolute Gasteiger partial charge is 0.384 e. The van der Waals surface area contributed by atoms with Gasteiger partial charge in [-0.15, -0.1) is 0 Å². The highest BCUT2D eigenvalue weighted by molar-refractivity contribution is 7.09. The van der Waals surface area contributed by atoms with Gasteiger partial charge in [0, 0.05) is 51.2 Å². The number of piperidine rings is 1. The predicted molar refractivity (Wildman–Crippen MR) is 99.1 cm³/mol. The molecule has 2 aliphatic heterocycles. The van der Waals surface area contributed by atoms with Crippen molar-refractivity contribution in [2.45, 2.75) is 32.6 Å². The number of hydrogen-bond acceptors (Lipinski definition) is 7. The summed E-state index contributed by atoms with van der Waals surface area (Å²) in [5.74, 6) is 1.18. The van der Waals surface area contributed by atoms with E-state index in [1.165, 1.54) is 11.5 Å². The van der Waals surface area contributed by atoms with E-state index in [0.717, 1.165) is 75.9 Å². The van der Waals surface area contributed by atoms with Gasteiger partial charge in [0.1, 0.15) is 5.82 Å². The first-order valence-corrected chi connectivity index (χ1v) is 10.0. The van der Waals surface area contributed by atoms with Gasteiger partial charge in [0.05, 0.1) is 12.0 Å². The molecule has 0 spiro atoms. The molecule has 0 unspecified atom stereocenters. The molecule has 2 saturated heterocycles. The molecule has 3 rings (SSSR count). The van der Waals surface area contributed by atoms with E-state index in [1.807, 2.05) is 4.90 Å². The number of hydrogen-bond donors (Lipinski definition) is 1. The van der Waals surface area contributed by atoms with Crippen LogP contribution in [0.1, 0.15) is 32.0 Å². The first kappa shape index (κ1) is 18.5. The summed E-state index contributed by atoms with van der Waals surface area (Å²) in [5.41, 5.74) is -0.354.